The third-order valence-electron chi connectivity index (χ3n) is 4.51. The molecule has 3 aromatic rings. The van der Waals surface area contributed by atoms with Gasteiger partial charge in [0.25, 0.3) is 0 Å². The molecule has 0 amide bonds. The fourth-order valence-electron chi connectivity index (χ4n) is 3.25. The van der Waals surface area contributed by atoms with Gasteiger partial charge in [-0.1, -0.05) is 19.1 Å². The summed E-state index contributed by atoms with van der Waals surface area (Å²) in [4.78, 5) is 29.9. The van der Waals surface area contributed by atoms with Gasteiger partial charge < -0.3 is 0 Å². The standard InChI is InChI=1S/C19H19N5O/c1-10-4-5-13-12(3)21-19(23-15(13)6-10)24-18-20-9-14-16(22-18)7-11(2)8-17(14)25/h4-6,9,11H,7-8H2,1-3H3,(H,20,21,22,23,24)/t11-/m0/s1. The van der Waals surface area contributed by atoms with Crippen LogP contribution in [0.3, 0.4) is 0 Å². The van der Waals surface area contributed by atoms with Crippen LogP contribution in [0.15, 0.2) is 24.4 Å². The average Bonchev–Trinajstić information content (AvgIpc) is 2.53. The van der Waals surface area contributed by atoms with Crippen molar-refractivity contribution < 1.29 is 4.79 Å². The third-order valence-corrected chi connectivity index (χ3v) is 4.51. The molecule has 4 rings (SSSR count). The van der Waals surface area contributed by atoms with Gasteiger partial charge in [-0.2, -0.15) is 0 Å². The van der Waals surface area contributed by atoms with E-state index in [1.807, 2.05) is 26.0 Å². The Labute approximate surface area is 145 Å². The first-order chi connectivity index (χ1) is 12.0. The Hall–Kier alpha value is -2.89. The highest BCUT2D eigenvalue weighted by Crippen LogP contribution is 2.25. The maximum atomic E-state index is 12.1. The lowest BCUT2D eigenvalue weighted by atomic mass is 9.88. The number of hydrogen-bond acceptors (Lipinski definition) is 6. The monoisotopic (exact) mass is 333 g/mol. The van der Waals surface area contributed by atoms with Gasteiger partial charge in [-0.05, 0) is 37.8 Å². The Morgan fingerprint density at radius 2 is 1.92 bits per heavy atom. The van der Waals surface area contributed by atoms with E-state index >= 15 is 0 Å². The predicted molar refractivity (Wildman–Crippen MR) is 96.1 cm³/mol. The summed E-state index contributed by atoms with van der Waals surface area (Å²) in [5.74, 6) is 1.32. The number of rotatable bonds is 2. The van der Waals surface area contributed by atoms with Crippen LogP contribution in [0.1, 0.15) is 40.7 Å². The first-order valence-electron chi connectivity index (χ1n) is 8.41. The molecule has 1 N–H and O–H groups in total. The van der Waals surface area contributed by atoms with Gasteiger partial charge >= 0.3 is 0 Å². The topological polar surface area (TPSA) is 80.7 Å². The minimum Gasteiger partial charge on any atom is -0.294 e. The molecule has 2 heterocycles. The van der Waals surface area contributed by atoms with Crippen molar-refractivity contribution in [1.82, 2.24) is 19.9 Å². The molecule has 6 nitrogen and oxygen atoms in total. The number of carbonyl (C=O) groups is 1. The van der Waals surface area contributed by atoms with E-state index in [1.165, 1.54) is 0 Å². The van der Waals surface area contributed by atoms with E-state index in [0.717, 1.165) is 34.3 Å². The molecule has 0 fully saturated rings. The van der Waals surface area contributed by atoms with E-state index in [1.54, 1.807) is 6.20 Å². The minimum atomic E-state index is 0.119. The lowest BCUT2D eigenvalue weighted by Gasteiger charge is -2.19. The van der Waals surface area contributed by atoms with Gasteiger partial charge in [0.15, 0.2) is 5.78 Å². The average molecular weight is 333 g/mol. The maximum Gasteiger partial charge on any atom is 0.230 e. The largest absolute Gasteiger partial charge is 0.294 e. The number of ketones is 1. The fraction of sp³-hybridized carbons (Fsp3) is 0.316. The summed E-state index contributed by atoms with van der Waals surface area (Å²) < 4.78 is 0. The molecule has 2 aromatic heterocycles. The number of fused-ring (bicyclic) bond motifs is 2. The first-order valence-corrected chi connectivity index (χ1v) is 8.41. The summed E-state index contributed by atoms with van der Waals surface area (Å²) in [6, 6.07) is 6.12. The number of aromatic nitrogens is 4. The van der Waals surface area contributed by atoms with Crippen molar-refractivity contribution in [2.45, 2.75) is 33.6 Å². The van der Waals surface area contributed by atoms with E-state index in [4.69, 9.17) is 0 Å². The predicted octanol–water partition coefficient (Wildman–Crippen LogP) is 3.55. The second kappa shape index (κ2) is 5.88. The molecule has 0 radical (unpaired) electrons. The summed E-state index contributed by atoms with van der Waals surface area (Å²) in [7, 11) is 0. The van der Waals surface area contributed by atoms with Crippen LogP contribution >= 0.6 is 0 Å². The number of carbonyl (C=O) groups excluding carboxylic acids is 1. The van der Waals surface area contributed by atoms with E-state index in [0.29, 0.717) is 29.8 Å². The molecule has 25 heavy (non-hydrogen) atoms. The molecule has 1 atom stereocenters. The minimum absolute atomic E-state index is 0.119. The molecule has 1 aliphatic carbocycles. The van der Waals surface area contributed by atoms with E-state index in [2.05, 4.69) is 38.2 Å². The zero-order valence-corrected chi connectivity index (χ0v) is 14.5. The van der Waals surface area contributed by atoms with E-state index in [9.17, 15) is 4.79 Å². The lowest BCUT2D eigenvalue weighted by molar-refractivity contribution is 0.0951. The van der Waals surface area contributed by atoms with Crippen molar-refractivity contribution in [3.63, 3.8) is 0 Å². The van der Waals surface area contributed by atoms with Crippen LogP contribution in [-0.4, -0.2) is 25.7 Å². The number of nitrogens with one attached hydrogen (secondary N) is 1. The van der Waals surface area contributed by atoms with Gasteiger partial charge in [-0.3, -0.25) is 10.1 Å². The summed E-state index contributed by atoms with van der Waals surface area (Å²) in [6.07, 6.45) is 2.96. The summed E-state index contributed by atoms with van der Waals surface area (Å²) >= 11 is 0. The van der Waals surface area contributed by atoms with E-state index in [-0.39, 0.29) is 5.78 Å². The van der Waals surface area contributed by atoms with Crippen LogP contribution < -0.4 is 5.32 Å². The summed E-state index contributed by atoms with van der Waals surface area (Å²) in [5, 5.41) is 4.11. The van der Waals surface area contributed by atoms with Crippen molar-refractivity contribution in [2.24, 2.45) is 5.92 Å². The molecule has 0 aliphatic heterocycles. The van der Waals surface area contributed by atoms with Crippen molar-refractivity contribution in [3.8, 4) is 0 Å². The van der Waals surface area contributed by atoms with Gasteiger partial charge in [-0.25, -0.2) is 19.9 Å². The number of Topliss-reactive ketones (excluding diaryl/α,β-unsaturated/α-hetero) is 1. The fourth-order valence-corrected chi connectivity index (χ4v) is 3.25. The quantitative estimate of drug-likeness (QED) is 0.772. The Kier molecular flexibility index (Phi) is 3.67. The molecule has 6 heteroatoms. The van der Waals surface area contributed by atoms with Crippen molar-refractivity contribution in [3.05, 3.63) is 46.9 Å². The number of aryl methyl sites for hydroxylation is 2. The Morgan fingerprint density at radius 3 is 2.76 bits per heavy atom. The molecule has 0 spiro atoms. The van der Waals surface area contributed by atoms with Crippen LogP contribution in [0, 0.1) is 19.8 Å². The Balaban J connectivity index is 1.70. The number of nitrogens with zero attached hydrogens (tertiary/aromatic N) is 4. The van der Waals surface area contributed by atoms with Crippen LogP contribution in [0.5, 0.6) is 0 Å². The van der Waals surface area contributed by atoms with E-state index < -0.39 is 0 Å². The SMILES string of the molecule is Cc1ccc2c(C)nc(Nc3ncc4c(n3)C[C@H](C)CC4=O)nc2c1. The van der Waals surface area contributed by atoms with Crippen LogP contribution in [0.4, 0.5) is 11.9 Å². The highest BCUT2D eigenvalue weighted by Gasteiger charge is 2.24. The molecular formula is C19H19N5O. The highest BCUT2D eigenvalue weighted by atomic mass is 16.1. The zero-order chi connectivity index (χ0) is 17.6. The molecule has 1 aromatic carbocycles. The summed E-state index contributed by atoms with van der Waals surface area (Å²) in [5.41, 5.74) is 4.37. The molecule has 0 bridgehead atoms. The Bertz CT molecular complexity index is 999. The zero-order valence-electron chi connectivity index (χ0n) is 14.5. The van der Waals surface area contributed by atoms with Crippen LogP contribution in [0.25, 0.3) is 10.9 Å². The molecular weight excluding hydrogens is 314 g/mol. The molecule has 0 saturated heterocycles. The molecule has 1 aliphatic rings. The molecule has 0 unspecified atom stereocenters. The van der Waals surface area contributed by atoms with Gasteiger partial charge in [0.1, 0.15) is 0 Å². The number of anilines is 2. The third kappa shape index (κ3) is 2.95. The van der Waals surface area contributed by atoms with Crippen LogP contribution in [0.2, 0.25) is 0 Å². The van der Waals surface area contributed by atoms with Gasteiger partial charge in [-0.15, -0.1) is 0 Å². The molecule has 126 valence electrons. The van der Waals surface area contributed by atoms with Gasteiger partial charge in [0.05, 0.1) is 22.5 Å². The van der Waals surface area contributed by atoms with Crippen molar-refractivity contribution >= 4 is 28.6 Å². The number of benzene rings is 1. The second-order valence-corrected chi connectivity index (χ2v) is 6.77. The van der Waals surface area contributed by atoms with Gasteiger partial charge in [0, 0.05) is 18.0 Å². The lowest BCUT2D eigenvalue weighted by Crippen LogP contribution is -2.20. The molecule has 0 saturated carbocycles. The summed E-state index contributed by atoms with van der Waals surface area (Å²) in [6.45, 7) is 6.06. The second-order valence-electron chi connectivity index (χ2n) is 6.77. The maximum absolute atomic E-state index is 12.1. The van der Waals surface area contributed by atoms with Crippen molar-refractivity contribution in [2.75, 3.05) is 5.32 Å². The number of hydrogen-bond donors (Lipinski definition) is 1. The first kappa shape index (κ1) is 15.6. The Morgan fingerprint density at radius 1 is 1.08 bits per heavy atom. The smallest absolute Gasteiger partial charge is 0.230 e. The normalized spacial score (nSPS) is 16.8. The van der Waals surface area contributed by atoms with Gasteiger partial charge in [0.2, 0.25) is 11.9 Å². The van der Waals surface area contributed by atoms with Crippen molar-refractivity contribution in [1.29, 1.82) is 0 Å². The highest BCUT2D eigenvalue weighted by molar-refractivity contribution is 5.98. The van der Waals surface area contributed by atoms with Crippen LogP contribution in [-0.2, 0) is 6.42 Å².